The average Bonchev–Trinajstić information content (AvgIpc) is 2.66. The van der Waals surface area contributed by atoms with Crippen molar-refractivity contribution < 1.29 is 19.4 Å². The number of carbonyl (C=O) groups is 2. The van der Waals surface area contributed by atoms with E-state index in [1.807, 2.05) is 42.5 Å². The summed E-state index contributed by atoms with van der Waals surface area (Å²) in [6, 6.07) is 20.4. The standard InChI is InChI=1S/C22H21NO4/c1-22(2,21(25)26)27-17-12-10-15(11-13-17)14-23-20(24)19-9-5-7-16-6-3-4-8-18(16)19/h3-13H,14H2,1-2H3,(H,23,24)(H,25,26). The largest absolute Gasteiger partial charge is 0.478 e. The zero-order chi connectivity index (χ0) is 19.4. The second-order valence-electron chi connectivity index (χ2n) is 6.77. The maximum Gasteiger partial charge on any atom is 0.347 e. The van der Waals surface area contributed by atoms with Crippen LogP contribution in [0.3, 0.4) is 0 Å². The molecule has 0 saturated carbocycles. The maximum atomic E-state index is 12.6. The molecule has 3 aromatic carbocycles. The van der Waals surface area contributed by atoms with Crippen LogP contribution in [0.5, 0.6) is 5.75 Å². The van der Waals surface area contributed by atoms with E-state index in [9.17, 15) is 9.59 Å². The van der Waals surface area contributed by atoms with E-state index < -0.39 is 11.6 Å². The molecule has 0 heterocycles. The number of rotatable bonds is 6. The Bertz CT molecular complexity index is 972. The van der Waals surface area contributed by atoms with Gasteiger partial charge in [-0.05, 0) is 48.4 Å². The van der Waals surface area contributed by atoms with Crippen LogP contribution in [0.4, 0.5) is 0 Å². The fourth-order valence-electron chi connectivity index (χ4n) is 2.71. The number of fused-ring (bicyclic) bond motifs is 1. The predicted molar refractivity (Wildman–Crippen MR) is 104 cm³/mol. The molecule has 0 aliphatic heterocycles. The lowest BCUT2D eigenvalue weighted by Gasteiger charge is -2.21. The van der Waals surface area contributed by atoms with Gasteiger partial charge in [-0.3, -0.25) is 4.79 Å². The van der Waals surface area contributed by atoms with E-state index in [1.165, 1.54) is 13.8 Å². The van der Waals surface area contributed by atoms with Crippen molar-refractivity contribution in [2.24, 2.45) is 0 Å². The highest BCUT2D eigenvalue weighted by Gasteiger charge is 2.29. The lowest BCUT2D eigenvalue weighted by atomic mass is 10.0. The average molecular weight is 363 g/mol. The van der Waals surface area contributed by atoms with Crippen molar-refractivity contribution in [3.63, 3.8) is 0 Å². The van der Waals surface area contributed by atoms with Crippen LogP contribution < -0.4 is 10.1 Å². The number of carboxylic acid groups (broad SMARTS) is 1. The summed E-state index contributed by atoms with van der Waals surface area (Å²) >= 11 is 0. The predicted octanol–water partition coefficient (Wildman–Crippen LogP) is 4.01. The summed E-state index contributed by atoms with van der Waals surface area (Å²) in [5.74, 6) is -0.709. The van der Waals surface area contributed by atoms with Gasteiger partial charge in [0.1, 0.15) is 5.75 Å². The highest BCUT2D eigenvalue weighted by Crippen LogP contribution is 2.20. The third kappa shape index (κ3) is 4.26. The van der Waals surface area contributed by atoms with Crippen molar-refractivity contribution in [2.75, 3.05) is 0 Å². The van der Waals surface area contributed by atoms with E-state index >= 15 is 0 Å². The SMILES string of the molecule is CC(C)(Oc1ccc(CNC(=O)c2cccc3ccccc23)cc1)C(=O)O. The Balaban J connectivity index is 1.66. The van der Waals surface area contributed by atoms with Gasteiger partial charge in [0.25, 0.3) is 5.91 Å². The molecule has 1 amide bonds. The number of carboxylic acids is 1. The van der Waals surface area contributed by atoms with E-state index in [-0.39, 0.29) is 5.91 Å². The Hall–Kier alpha value is -3.34. The zero-order valence-electron chi connectivity index (χ0n) is 15.2. The molecule has 0 atom stereocenters. The van der Waals surface area contributed by atoms with Crippen LogP contribution in [0.15, 0.2) is 66.7 Å². The summed E-state index contributed by atoms with van der Waals surface area (Å²) in [6.07, 6.45) is 0. The molecular weight excluding hydrogens is 342 g/mol. The van der Waals surface area contributed by atoms with Gasteiger partial charge in [0.15, 0.2) is 5.60 Å². The molecule has 0 bridgehead atoms. The number of hydrogen-bond acceptors (Lipinski definition) is 3. The van der Waals surface area contributed by atoms with Crippen molar-refractivity contribution in [3.05, 3.63) is 77.9 Å². The molecule has 5 nitrogen and oxygen atoms in total. The van der Waals surface area contributed by atoms with E-state index in [2.05, 4.69) is 5.32 Å². The van der Waals surface area contributed by atoms with Crippen LogP contribution in [0, 0.1) is 0 Å². The molecule has 3 rings (SSSR count). The van der Waals surface area contributed by atoms with Gasteiger partial charge < -0.3 is 15.2 Å². The maximum absolute atomic E-state index is 12.6. The minimum absolute atomic E-state index is 0.140. The molecule has 5 heteroatoms. The zero-order valence-corrected chi connectivity index (χ0v) is 15.2. The first-order valence-corrected chi connectivity index (χ1v) is 8.64. The summed E-state index contributed by atoms with van der Waals surface area (Å²) in [4.78, 5) is 23.7. The van der Waals surface area contributed by atoms with E-state index in [1.54, 1.807) is 24.3 Å². The van der Waals surface area contributed by atoms with Gasteiger partial charge in [-0.2, -0.15) is 0 Å². The van der Waals surface area contributed by atoms with E-state index in [4.69, 9.17) is 9.84 Å². The lowest BCUT2D eigenvalue weighted by molar-refractivity contribution is -0.152. The van der Waals surface area contributed by atoms with E-state index in [0.29, 0.717) is 17.9 Å². The fourth-order valence-corrected chi connectivity index (χ4v) is 2.71. The summed E-state index contributed by atoms with van der Waals surface area (Å²) in [7, 11) is 0. The van der Waals surface area contributed by atoms with Gasteiger partial charge in [-0.1, -0.05) is 48.5 Å². The molecule has 0 unspecified atom stereocenters. The minimum atomic E-state index is -1.30. The molecule has 138 valence electrons. The molecule has 27 heavy (non-hydrogen) atoms. The van der Waals surface area contributed by atoms with Crippen LogP contribution in [0.25, 0.3) is 10.8 Å². The van der Waals surface area contributed by atoms with Gasteiger partial charge in [-0.15, -0.1) is 0 Å². The second-order valence-corrected chi connectivity index (χ2v) is 6.77. The molecular formula is C22H21NO4. The van der Waals surface area contributed by atoms with Crippen LogP contribution in [-0.4, -0.2) is 22.6 Å². The van der Waals surface area contributed by atoms with E-state index in [0.717, 1.165) is 16.3 Å². The van der Waals surface area contributed by atoms with Crippen molar-refractivity contribution in [1.82, 2.24) is 5.32 Å². The quantitative estimate of drug-likeness (QED) is 0.694. The molecule has 0 aromatic heterocycles. The molecule has 0 aliphatic rings. The Morgan fingerprint density at radius 3 is 2.33 bits per heavy atom. The Labute approximate surface area is 157 Å². The minimum Gasteiger partial charge on any atom is -0.478 e. The number of amides is 1. The van der Waals surface area contributed by atoms with Gasteiger partial charge in [-0.25, -0.2) is 4.79 Å². The summed E-state index contributed by atoms with van der Waals surface area (Å²) in [6.45, 7) is 3.35. The summed E-state index contributed by atoms with van der Waals surface area (Å²) in [5, 5.41) is 14.0. The van der Waals surface area contributed by atoms with Crippen molar-refractivity contribution in [2.45, 2.75) is 26.0 Å². The Morgan fingerprint density at radius 2 is 1.63 bits per heavy atom. The first-order valence-electron chi connectivity index (χ1n) is 8.64. The number of hydrogen-bond donors (Lipinski definition) is 2. The fraction of sp³-hybridized carbons (Fsp3) is 0.182. The topological polar surface area (TPSA) is 75.6 Å². The van der Waals surface area contributed by atoms with Gasteiger partial charge in [0, 0.05) is 12.1 Å². The molecule has 0 fully saturated rings. The van der Waals surface area contributed by atoms with Gasteiger partial charge in [0.05, 0.1) is 0 Å². The third-order valence-corrected chi connectivity index (χ3v) is 4.30. The van der Waals surface area contributed by atoms with Crippen LogP contribution in [0.2, 0.25) is 0 Å². The highest BCUT2D eigenvalue weighted by molar-refractivity contribution is 6.06. The smallest absolute Gasteiger partial charge is 0.347 e. The molecule has 0 spiro atoms. The van der Waals surface area contributed by atoms with Crippen LogP contribution in [0.1, 0.15) is 29.8 Å². The first kappa shape index (κ1) is 18.5. The Morgan fingerprint density at radius 1 is 0.963 bits per heavy atom. The number of benzene rings is 3. The van der Waals surface area contributed by atoms with Gasteiger partial charge >= 0.3 is 5.97 Å². The number of nitrogens with one attached hydrogen (secondary N) is 1. The second kappa shape index (κ2) is 7.50. The van der Waals surface area contributed by atoms with Crippen LogP contribution in [-0.2, 0) is 11.3 Å². The third-order valence-electron chi connectivity index (χ3n) is 4.30. The number of ether oxygens (including phenoxy) is 1. The number of aliphatic carboxylic acids is 1. The summed E-state index contributed by atoms with van der Waals surface area (Å²) in [5.41, 5.74) is 0.227. The van der Waals surface area contributed by atoms with Gasteiger partial charge in [0.2, 0.25) is 0 Å². The van der Waals surface area contributed by atoms with Crippen molar-refractivity contribution in [3.8, 4) is 5.75 Å². The lowest BCUT2D eigenvalue weighted by Crippen LogP contribution is -2.37. The highest BCUT2D eigenvalue weighted by atomic mass is 16.5. The van der Waals surface area contributed by atoms with Crippen molar-refractivity contribution in [1.29, 1.82) is 0 Å². The Kier molecular flexibility index (Phi) is 5.12. The summed E-state index contributed by atoms with van der Waals surface area (Å²) < 4.78 is 5.47. The van der Waals surface area contributed by atoms with Crippen LogP contribution >= 0.6 is 0 Å². The molecule has 2 N–H and O–H groups in total. The molecule has 0 aliphatic carbocycles. The molecule has 0 saturated heterocycles. The number of carbonyl (C=O) groups excluding carboxylic acids is 1. The van der Waals surface area contributed by atoms with Crippen molar-refractivity contribution >= 4 is 22.6 Å². The first-order chi connectivity index (χ1) is 12.9. The monoisotopic (exact) mass is 363 g/mol. The normalized spacial score (nSPS) is 11.2. The molecule has 0 radical (unpaired) electrons. The molecule has 3 aromatic rings.